The third kappa shape index (κ3) is 3.88. The highest BCUT2D eigenvalue weighted by atomic mass is 16.1. The molecule has 0 bridgehead atoms. The minimum atomic E-state index is -0.0570. The first-order valence-corrected chi connectivity index (χ1v) is 6.83. The van der Waals surface area contributed by atoms with Gasteiger partial charge in [-0.3, -0.25) is 14.8 Å². The summed E-state index contributed by atoms with van der Waals surface area (Å²) in [6.07, 6.45) is 6.84. The molecule has 0 unspecified atom stereocenters. The van der Waals surface area contributed by atoms with Crippen LogP contribution in [0.25, 0.3) is 0 Å². The number of amides is 1. The van der Waals surface area contributed by atoms with E-state index in [9.17, 15) is 4.79 Å². The minimum Gasteiger partial charge on any atom is -0.349 e. The number of rotatable bonds is 5. The van der Waals surface area contributed by atoms with Crippen molar-refractivity contribution in [3.05, 3.63) is 59.7 Å². The highest BCUT2D eigenvalue weighted by Crippen LogP contribution is 2.05. The van der Waals surface area contributed by atoms with Gasteiger partial charge in [-0.1, -0.05) is 13.0 Å². The summed E-state index contributed by atoms with van der Waals surface area (Å²) in [4.78, 5) is 20.4. The summed E-state index contributed by atoms with van der Waals surface area (Å²) in [5.74, 6) is -0.0570. The molecule has 4 nitrogen and oxygen atoms in total. The molecule has 0 aliphatic carbocycles. The summed E-state index contributed by atoms with van der Waals surface area (Å²) in [5.41, 5.74) is 2.71. The molecule has 0 aromatic carbocycles. The first kappa shape index (κ1) is 14.2. The van der Waals surface area contributed by atoms with Crippen LogP contribution in [0.4, 0.5) is 0 Å². The van der Waals surface area contributed by atoms with Crippen molar-refractivity contribution < 1.29 is 4.79 Å². The van der Waals surface area contributed by atoms with Gasteiger partial charge in [-0.05, 0) is 43.5 Å². The molecule has 2 aromatic rings. The zero-order chi connectivity index (χ0) is 14.4. The molecule has 20 heavy (non-hydrogen) atoms. The Hall–Kier alpha value is -2.23. The van der Waals surface area contributed by atoms with Gasteiger partial charge in [0, 0.05) is 35.9 Å². The normalized spacial score (nSPS) is 11.9. The first-order valence-electron chi connectivity index (χ1n) is 6.83. The van der Waals surface area contributed by atoms with Crippen LogP contribution in [0.5, 0.6) is 0 Å². The van der Waals surface area contributed by atoms with Crippen LogP contribution >= 0.6 is 0 Å². The van der Waals surface area contributed by atoms with E-state index in [2.05, 4.69) is 15.3 Å². The van der Waals surface area contributed by atoms with Gasteiger partial charge in [-0.25, -0.2) is 0 Å². The minimum absolute atomic E-state index is 0.0570. The SMILES string of the molecule is CCc1cc(C(=O)N[C@H](C)Cc2cccnc2)ccn1. The smallest absolute Gasteiger partial charge is 0.251 e. The Bertz CT molecular complexity index is 569. The fourth-order valence-corrected chi connectivity index (χ4v) is 2.04. The molecule has 0 saturated carbocycles. The van der Waals surface area contributed by atoms with Gasteiger partial charge in [0.05, 0.1) is 0 Å². The van der Waals surface area contributed by atoms with Crippen LogP contribution in [0, 0.1) is 0 Å². The Labute approximate surface area is 119 Å². The van der Waals surface area contributed by atoms with E-state index in [4.69, 9.17) is 0 Å². The van der Waals surface area contributed by atoms with Crippen LogP contribution in [0.3, 0.4) is 0 Å². The lowest BCUT2D eigenvalue weighted by atomic mass is 10.1. The van der Waals surface area contributed by atoms with Crippen molar-refractivity contribution in [3.8, 4) is 0 Å². The van der Waals surface area contributed by atoms with Crippen molar-refractivity contribution in [1.29, 1.82) is 0 Å². The number of hydrogen-bond donors (Lipinski definition) is 1. The fourth-order valence-electron chi connectivity index (χ4n) is 2.04. The molecule has 2 heterocycles. The molecule has 104 valence electrons. The Kier molecular flexibility index (Phi) is 4.82. The van der Waals surface area contributed by atoms with Gasteiger partial charge in [-0.2, -0.15) is 0 Å². The molecular weight excluding hydrogens is 250 g/mol. The Balaban J connectivity index is 1.96. The maximum Gasteiger partial charge on any atom is 0.251 e. The third-order valence-electron chi connectivity index (χ3n) is 3.08. The van der Waals surface area contributed by atoms with Gasteiger partial charge in [0.25, 0.3) is 5.91 Å². The van der Waals surface area contributed by atoms with Crippen molar-refractivity contribution in [3.63, 3.8) is 0 Å². The average Bonchev–Trinajstić information content (AvgIpc) is 2.48. The summed E-state index contributed by atoms with van der Waals surface area (Å²) < 4.78 is 0. The lowest BCUT2D eigenvalue weighted by Gasteiger charge is -2.14. The molecule has 0 spiro atoms. The molecule has 2 rings (SSSR count). The third-order valence-corrected chi connectivity index (χ3v) is 3.08. The number of aryl methyl sites for hydroxylation is 1. The van der Waals surface area contributed by atoms with E-state index in [-0.39, 0.29) is 11.9 Å². The lowest BCUT2D eigenvalue weighted by molar-refractivity contribution is 0.0940. The van der Waals surface area contributed by atoms with E-state index >= 15 is 0 Å². The summed E-state index contributed by atoms with van der Waals surface area (Å²) in [6, 6.07) is 7.56. The van der Waals surface area contributed by atoms with Gasteiger partial charge in [0.15, 0.2) is 0 Å². The zero-order valence-electron chi connectivity index (χ0n) is 11.8. The van der Waals surface area contributed by atoms with E-state index in [0.29, 0.717) is 5.56 Å². The first-order chi connectivity index (χ1) is 9.69. The molecule has 1 atom stereocenters. The highest BCUT2D eigenvalue weighted by Gasteiger charge is 2.11. The Morgan fingerprint density at radius 2 is 2.20 bits per heavy atom. The molecule has 2 aromatic heterocycles. The summed E-state index contributed by atoms with van der Waals surface area (Å²) in [7, 11) is 0. The van der Waals surface area contributed by atoms with E-state index in [1.54, 1.807) is 18.5 Å². The van der Waals surface area contributed by atoms with Gasteiger partial charge < -0.3 is 5.32 Å². The molecule has 0 aliphatic heterocycles. The monoisotopic (exact) mass is 269 g/mol. The molecule has 0 radical (unpaired) electrons. The average molecular weight is 269 g/mol. The lowest BCUT2D eigenvalue weighted by Crippen LogP contribution is -2.34. The molecular formula is C16H19N3O. The van der Waals surface area contributed by atoms with E-state index in [1.807, 2.05) is 38.2 Å². The Morgan fingerprint density at radius 3 is 2.90 bits per heavy atom. The number of pyridine rings is 2. The van der Waals surface area contributed by atoms with Gasteiger partial charge in [0.2, 0.25) is 0 Å². The summed E-state index contributed by atoms with van der Waals surface area (Å²) in [5, 5.41) is 3.00. The zero-order valence-corrected chi connectivity index (χ0v) is 11.8. The van der Waals surface area contributed by atoms with Gasteiger partial charge in [0.1, 0.15) is 0 Å². The molecule has 0 saturated heterocycles. The van der Waals surface area contributed by atoms with Crippen molar-refractivity contribution >= 4 is 5.91 Å². The molecule has 1 N–H and O–H groups in total. The van der Waals surface area contributed by atoms with Crippen LogP contribution in [-0.2, 0) is 12.8 Å². The number of nitrogens with zero attached hydrogens (tertiary/aromatic N) is 2. The van der Waals surface area contributed by atoms with Gasteiger partial charge >= 0.3 is 0 Å². The maximum atomic E-state index is 12.2. The second-order valence-corrected chi connectivity index (χ2v) is 4.83. The fraction of sp³-hybridized carbons (Fsp3) is 0.312. The van der Waals surface area contributed by atoms with E-state index in [1.165, 1.54) is 0 Å². The summed E-state index contributed by atoms with van der Waals surface area (Å²) >= 11 is 0. The van der Waals surface area contributed by atoms with Crippen LogP contribution in [0.2, 0.25) is 0 Å². The van der Waals surface area contributed by atoms with Crippen LogP contribution in [0.15, 0.2) is 42.9 Å². The number of carbonyl (C=O) groups excluding carboxylic acids is 1. The predicted molar refractivity (Wildman–Crippen MR) is 78.5 cm³/mol. The van der Waals surface area contributed by atoms with Crippen molar-refractivity contribution in [1.82, 2.24) is 15.3 Å². The van der Waals surface area contributed by atoms with E-state index in [0.717, 1.165) is 24.1 Å². The van der Waals surface area contributed by atoms with Gasteiger partial charge in [-0.15, -0.1) is 0 Å². The largest absolute Gasteiger partial charge is 0.349 e. The number of carbonyl (C=O) groups is 1. The molecule has 0 fully saturated rings. The van der Waals surface area contributed by atoms with Crippen LogP contribution < -0.4 is 5.32 Å². The summed E-state index contributed by atoms with van der Waals surface area (Å²) in [6.45, 7) is 4.02. The molecule has 0 aliphatic rings. The maximum absolute atomic E-state index is 12.2. The van der Waals surface area contributed by atoms with Crippen molar-refractivity contribution in [2.24, 2.45) is 0 Å². The topological polar surface area (TPSA) is 54.9 Å². The number of aromatic nitrogens is 2. The van der Waals surface area contributed by atoms with Crippen LogP contribution in [-0.4, -0.2) is 21.9 Å². The standard InChI is InChI=1S/C16H19N3O/c1-3-15-10-14(6-8-18-15)16(20)19-12(2)9-13-5-4-7-17-11-13/h4-8,10-12H,3,9H2,1-2H3,(H,19,20)/t12-/m1/s1. The predicted octanol–water partition coefficient (Wildman–Crippen LogP) is 2.40. The van der Waals surface area contributed by atoms with Crippen molar-refractivity contribution in [2.75, 3.05) is 0 Å². The van der Waals surface area contributed by atoms with Crippen LogP contribution in [0.1, 0.15) is 35.5 Å². The second-order valence-electron chi connectivity index (χ2n) is 4.83. The van der Waals surface area contributed by atoms with Crippen molar-refractivity contribution in [2.45, 2.75) is 32.7 Å². The quantitative estimate of drug-likeness (QED) is 0.906. The number of nitrogens with one attached hydrogen (secondary N) is 1. The number of hydrogen-bond acceptors (Lipinski definition) is 3. The Morgan fingerprint density at radius 1 is 1.35 bits per heavy atom. The molecule has 4 heteroatoms. The molecule has 1 amide bonds. The second kappa shape index (κ2) is 6.80. The van der Waals surface area contributed by atoms with E-state index < -0.39 is 0 Å². The highest BCUT2D eigenvalue weighted by molar-refractivity contribution is 5.94.